The molecule has 0 spiro atoms. The van der Waals surface area contributed by atoms with Gasteiger partial charge in [-0.2, -0.15) is 0 Å². The number of aromatic nitrogens is 2. The van der Waals surface area contributed by atoms with E-state index in [1.807, 2.05) is 43.6 Å². The van der Waals surface area contributed by atoms with Gasteiger partial charge in [-0.25, -0.2) is 18.4 Å². The van der Waals surface area contributed by atoms with Crippen LogP contribution in [0.25, 0.3) is 21.6 Å². The van der Waals surface area contributed by atoms with Gasteiger partial charge in [0.1, 0.15) is 47.7 Å². The molecule has 1 saturated heterocycles. The average Bonchev–Trinajstić information content (AvgIpc) is 3.94. The Hall–Kier alpha value is -3.98. The van der Waals surface area contributed by atoms with Crippen molar-refractivity contribution in [2.45, 2.75) is 87.1 Å². The molecule has 7 rings (SSSR count). The molecule has 0 bridgehead atoms. The van der Waals surface area contributed by atoms with E-state index in [1.165, 1.54) is 11.3 Å². The van der Waals surface area contributed by atoms with Gasteiger partial charge in [-0.05, 0) is 56.1 Å². The molecule has 258 valence electrons. The number of carbonyl (C=O) groups is 3. The van der Waals surface area contributed by atoms with Crippen LogP contribution >= 0.6 is 11.3 Å². The fraction of sp³-hybridized carbons (Fsp3) is 0.500. The number of benzene rings is 1. The molecule has 1 aromatic carbocycles. The van der Waals surface area contributed by atoms with Crippen molar-refractivity contribution in [3.05, 3.63) is 41.9 Å². The minimum atomic E-state index is -3.82. The topological polar surface area (TPSA) is 157 Å². The van der Waals surface area contributed by atoms with Gasteiger partial charge in [0.25, 0.3) is 5.91 Å². The zero-order valence-corrected chi connectivity index (χ0v) is 29.3. The van der Waals surface area contributed by atoms with Crippen LogP contribution in [0.15, 0.2) is 41.9 Å². The third-order valence-electron chi connectivity index (χ3n) is 10.0. The fourth-order valence-corrected chi connectivity index (χ4v) is 8.97. The minimum Gasteiger partial charge on any atom is -0.497 e. The number of nitrogens with one attached hydrogen (secondary N) is 2. The van der Waals surface area contributed by atoms with Gasteiger partial charge >= 0.3 is 0 Å². The number of amides is 3. The van der Waals surface area contributed by atoms with E-state index in [2.05, 4.69) is 15.0 Å². The summed E-state index contributed by atoms with van der Waals surface area (Å²) in [6.07, 6.45) is 11.2. The van der Waals surface area contributed by atoms with Gasteiger partial charge in [-0.1, -0.05) is 25.0 Å². The van der Waals surface area contributed by atoms with Gasteiger partial charge in [-0.3, -0.25) is 19.1 Å². The van der Waals surface area contributed by atoms with Crippen LogP contribution in [0.5, 0.6) is 11.5 Å². The molecule has 2 saturated carbocycles. The number of allylic oxidation sites excluding steroid dienone is 1. The van der Waals surface area contributed by atoms with Gasteiger partial charge in [0.05, 0.1) is 24.4 Å². The second-order valence-corrected chi connectivity index (χ2v) is 16.4. The molecule has 2 N–H and O–H groups in total. The quantitative estimate of drug-likeness (QED) is 0.278. The van der Waals surface area contributed by atoms with Crippen LogP contribution < -0.4 is 25.0 Å². The number of thiazole rings is 1. The Balaban J connectivity index is 1.19. The molecule has 4 heterocycles. The SMILES string of the molecule is Bc1c(OC)ccc2c(O[C@@H]3C[C@H]4C(=O)N[C@]5(C(=O)NS(=O)(=O)C6CC6)C[C@H]5/C=C\CCCCCCC(=O)N4C3)cc(-c3nccs3)nc12. The van der Waals surface area contributed by atoms with Crippen molar-refractivity contribution in [1.29, 1.82) is 0 Å². The summed E-state index contributed by atoms with van der Waals surface area (Å²) in [5, 5.41) is 5.71. The molecule has 0 unspecified atom stereocenters. The Morgan fingerprint density at radius 1 is 1.16 bits per heavy atom. The minimum absolute atomic E-state index is 0.148. The lowest BCUT2D eigenvalue weighted by Crippen LogP contribution is -2.56. The Morgan fingerprint density at radius 3 is 2.73 bits per heavy atom. The molecule has 0 radical (unpaired) electrons. The predicted molar refractivity (Wildman–Crippen MR) is 188 cm³/mol. The second kappa shape index (κ2) is 13.4. The van der Waals surface area contributed by atoms with Crippen LogP contribution in [0.4, 0.5) is 0 Å². The van der Waals surface area contributed by atoms with Crippen molar-refractivity contribution in [3.8, 4) is 22.2 Å². The number of hydrogen-bond acceptors (Lipinski definition) is 10. The molecule has 2 aromatic heterocycles. The molecule has 12 nitrogen and oxygen atoms in total. The normalized spacial score (nSPS) is 26.9. The van der Waals surface area contributed by atoms with E-state index < -0.39 is 44.8 Å². The van der Waals surface area contributed by atoms with Gasteiger partial charge in [-0.15, -0.1) is 11.3 Å². The summed E-state index contributed by atoms with van der Waals surface area (Å²) in [5.41, 5.74) is 0.782. The lowest BCUT2D eigenvalue weighted by molar-refractivity contribution is -0.139. The number of carbonyl (C=O) groups excluding carboxylic acids is 3. The first-order chi connectivity index (χ1) is 23.6. The Morgan fingerprint density at radius 2 is 1.98 bits per heavy atom. The highest BCUT2D eigenvalue weighted by Crippen LogP contribution is 2.46. The number of hydrogen-bond donors (Lipinski definition) is 2. The lowest BCUT2D eigenvalue weighted by Gasteiger charge is -2.26. The highest BCUT2D eigenvalue weighted by molar-refractivity contribution is 7.91. The van der Waals surface area contributed by atoms with E-state index in [-0.39, 0.29) is 31.2 Å². The first-order valence-corrected chi connectivity index (χ1v) is 19.4. The van der Waals surface area contributed by atoms with Crippen LogP contribution in [0, 0.1) is 5.92 Å². The summed E-state index contributed by atoms with van der Waals surface area (Å²) in [4.78, 5) is 52.3. The number of fused-ring (bicyclic) bond motifs is 3. The van der Waals surface area contributed by atoms with Crippen LogP contribution in [-0.4, -0.2) is 85.4 Å². The Kier molecular flexibility index (Phi) is 9.16. The predicted octanol–water partition coefficient (Wildman–Crippen LogP) is 2.37. The fourth-order valence-electron chi connectivity index (χ4n) is 7.01. The Bertz CT molecular complexity index is 1920. The van der Waals surface area contributed by atoms with Crippen LogP contribution in [0.1, 0.15) is 64.2 Å². The smallest absolute Gasteiger partial charge is 0.259 e. The van der Waals surface area contributed by atoms with Gasteiger partial charge < -0.3 is 19.7 Å². The number of rotatable bonds is 7. The number of ether oxygens (including phenoxy) is 2. The van der Waals surface area contributed by atoms with E-state index in [0.29, 0.717) is 48.4 Å². The highest BCUT2D eigenvalue weighted by atomic mass is 32.2. The summed E-state index contributed by atoms with van der Waals surface area (Å²) >= 11 is 1.46. The van der Waals surface area contributed by atoms with Crippen molar-refractivity contribution in [1.82, 2.24) is 24.9 Å². The molecule has 3 aromatic rings. The first-order valence-electron chi connectivity index (χ1n) is 17.0. The largest absolute Gasteiger partial charge is 0.497 e. The van der Waals surface area contributed by atoms with E-state index in [9.17, 15) is 22.8 Å². The van der Waals surface area contributed by atoms with Crippen LogP contribution in [0.3, 0.4) is 0 Å². The summed E-state index contributed by atoms with van der Waals surface area (Å²) in [6.45, 7) is 0.182. The van der Waals surface area contributed by atoms with Crippen molar-refractivity contribution in [3.63, 3.8) is 0 Å². The zero-order valence-electron chi connectivity index (χ0n) is 27.6. The first kappa shape index (κ1) is 33.5. The molecular formula is C34H40BN5O7S2. The van der Waals surface area contributed by atoms with E-state index in [1.54, 1.807) is 18.2 Å². The molecular weight excluding hydrogens is 665 g/mol. The number of pyridine rings is 1. The molecule has 2 aliphatic heterocycles. The molecule has 2 aliphatic carbocycles. The van der Waals surface area contributed by atoms with E-state index in [4.69, 9.17) is 14.5 Å². The highest BCUT2D eigenvalue weighted by Gasteiger charge is 2.62. The molecule has 15 heteroatoms. The van der Waals surface area contributed by atoms with Gasteiger partial charge in [0.2, 0.25) is 21.8 Å². The summed E-state index contributed by atoms with van der Waals surface area (Å²) in [7, 11) is -0.281. The van der Waals surface area contributed by atoms with Crippen LogP contribution in [0.2, 0.25) is 0 Å². The maximum atomic E-state index is 14.1. The van der Waals surface area contributed by atoms with E-state index >= 15 is 0 Å². The lowest BCUT2D eigenvalue weighted by atomic mass is 9.91. The van der Waals surface area contributed by atoms with Gasteiger partial charge in [0, 0.05) is 41.8 Å². The second-order valence-electron chi connectivity index (χ2n) is 13.5. The molecule has 4 aliphatic rings. The van der Waals surface area contributed by atoms with Crippen molar-refractivity contribution in [2.24, 2.45) is 5.92 Å². The van der Waals surface area contributed by atoms with E-state index in [0.717, 1.165) is 41.5 Å². The molecule has 3 fully saturated rings. The van der Waals surface area contributed by atoms with Crippen molar-refractivity contribution in [2.75, 3.05) is 13.7 Å². The third-order valence-corrected chi connectivity index (χ3v) is 12.7. The Labute approximate surface area is 290 Å². The summed E-state index contributed by atoms with van der Waals surface area (Å²) < 4.78 is 39.9. The summed E-state index contributed by atoms with van der Waals surface area (Å²) in [5.74, 6) is -0.471. The van der Waals surface area contributed by atoms with Crippen molar-refractivity contribution < 1.29 is 32.3 Å². The molecule has 49 heavy (non-hydrogen) atoms. The average molecular weight is 706 g/mol. The van der Waals surface area contributed by atoms with Crippen molar-refractivity contribution >= 4 is 63.3 Å². The third kappa shape index (κ3) is 6.79. The van der Waals surface area contributed by atoms with Gasteiger partial charge in [0.15, 0.2) is 0 Å². The molecule has 4 atom stereocenters. The molecule has 3 amide bonds. The standard InChI is InChI=1S/C34H40BN5O7S2/c1-46-26-13-12-23-27(17-24(32-36-14-15-48-32)37-30(23)29(26)35)47-21-16-25-31(42)38-34(33(43)39-49(44,45)22-10-11-22)18-20(34)8-6-4-2-3-5-7-9-28(41)40(25)19-21/h6,8,12-15,17,20-22,25H,2-5,7,9-11,16,18-19,35H2,1H3,(H,38,42)(H,39,43)/b8-6-/t20-,21-,25+,34-/m1/s1. The number of methoxy groups -OCH3 is 1. The number of sulfonamides is 1. The zero-order chi connectivity index (χ0) is 34.3. The van der Waals surface area contributed by atoms with Crippen LogP contribution in [-0.2, 0) is 24.4 Å². The monoisotopic (exact) mass is 705 g/mol. The maximum Gasteiger partial charge on any atom is 0.259 e. The maximum absolute atomic E-state index is 14.1. The number of nitrogens with zero attached hydrogens (tertiary/aromatic N) is 3. The summed E-state index contributed by atoms with van der Waals surface area (Å²) in [6, 6.07) is 4.69.